The normalized spacial score (nSPS) is 13.4. The highest BCUT2D eigenvalue weighted by molar-refractivity contribution is 7.47. The van der Waals surface area contributed by atoms with Crippen molar-refractivity contribution in [3.05, 3.63) is 85.1 Å². The molecule has 0 fully saturated rings. The molecule has 0 aliphatic carbocycles. The third-order valence-electron chi connectivity index (χ3n) is 16.0. The third kappa shape index (κ3) is 70.3. The van der Waals surface area contributed by atoms with Crippen molar-refractivity contribution in [2.24, 2.45) is 5.73 Å². The van der Waals surface area contributed by atoms with Crippen LogP contribution >= 0.6 is 7.82 Å². The van der Waals surface area contributed by atoms with Crippen LogP contribution in [0.3, 0.4) is 0 Å². The number of phosphoric acid groups is 1. The van der Waals surface area contributed by atoms with Gasteiger partial charge in [-0.2, -0.15) is 0 Å². The largest absolute Gasteiger partial charge is 0.472 e. The number of nitrogens with two attached hydrogens (primary N) is 1. The minimum absolute atomic E-state index is 0.0543. The van der Waals surface area contributed by atoms with E-state index in [2.05, 4.69) is 98.9 Å². The summed E-state index contributed by atoms with van der Waals surface area (Å²) < 4.78 is 33.2. The molecule has 3 N–H and O–H groups in total. The number of carbonyl (C=O) groups is 2. The first-order valence-corrected chi connectivity index (χ1v) is 38.1. The van der Waals surface area contributed by atoms with E-state index in [4.69, 9.17) is 24.3 Å². The maximum Gasteiger partial charge on any atom is 0.472 e. The van der Waals surface area contributed by atoms with Gasteiger partial charge in [0, 0.05) is 19.4 Å². The lowest BCUT2D eigenvalue weighted by Crippen LogP contribution is -2.29. The number of hydrogen-bond acceptors (Lipinski definition) is 8. The van der Waals surface area contributed by atoms with Crippen molar-refractivity contribution in [3.63, 3.8) is 0 Å². The SMILES string of the molecule is CC/C=C\C/C=C\C/C=C\C/C=C\C/C=C\C/C=C\C/C=C\CCCCCCCCCCCCCCCCCCCCCC(=O)OC(COC(=O)CCCCCCCCCCCCCCCCCCCCCCCCCC)COP(=O)(O)OCCN. The Labute approximate surface area is 532 Å². The van der Waals surface area contributed by atoms with E-state index in [1.807, 2.05) is 0 Å². The number of unbranched alkanes of at least 4 members (excludes halogenated alkanes) is 42. The van der Waals surface area contributed by atoms with Gasteiger partial charge >= 0.3 is 19.8 Å². The van der Waals surface area contributed by atoms with Crippen molar-refractivity contribution < 1.29 is 37.6 Å². The summed E-state index contributed by atoms with van der Waals surface area (Å²) in [5.41, 5.74) is 5.41. The summed E-state index contributed by atoms with van der Waals surface area (Å²) in [5, 5.41) is 0. The highest BCUT2D eigenvalue weighted by Gasteiger charge is 2.26. The Bertz CT molecular complexity index is 1690. The molecule has 0 aliphatic rings. The van der Waals surface area contributed by atoms with Crippen molar-refractivity contribution >= 4 is 19.8 Å². The van der Waals surface area contributed by atoms with E-state index < -0.39 is 26.5 Å². The molecular weight excluding hydrogens is 1090 g/mol. The van der Waals surface area contributed by atoms with E-state index in [9.17, 15) is 19.0 Å². The molecule has 0 saturated heterocycles. The van der Waals surface area contributed by atoms with Crippen molar-refractivity contribution in [1.82, 2.24) is 0 Å². The fraction of sp³-hybridized carbons (Fsp3) is 0.789. The fourth-order valence-electron chi connectivity index (χ4n) is 10.7. The van der Waals surface area contributed by atoms with Gasteiger partial charge in [0.15, 0.2) is 6.10 Å². The predicted molar refractivity (Wildman–Crippen MR) is 372 cm³/mol. The number of allylic oxidation sites excluding steroid dienone is 14. The van der Waals surface area contributed by atoms with Gasteiger partial charge in [0.05, 0.1) is 13.2 Å². The molecule has 0 bridgehead atoms. The highest BCUT2D eigenvalue weighted by atomic mass is 31.2. The first kappa shape index (κ1) is 83.2. The van der Waals surface area contributed by atoms with Gasteiger partial charge in [-0.25, -0.2) is 4.57 Å². The monoisotopic (exact) mass is 1220 g/mol. The van der Waals surface area contributed by atoms with Crippen molar-refractivity contribution in [1.29, 1.82) is 0 Å². The molecule has 0 saturated carbocycles. The minimum atomic E-state index is -4.39. The second kappa shape index (κ2) is 71.3. The van der Waals surface area contributed by atoms with Crippen LogP contribution in [-0.4, -0.2) is 49.3 Å². The molecular formula is C76H138NO8P. The summed E-state index contributed by atoms with van der Waals surface area (Å²) in [4.78, 5) is 35.4. The Balaban J connectivity index is 3.81. The smallest absolute Gasteiger partial charge is 0.462 e. The summed E-state index contributed by atoms with van der Waals surface area (Å²) in [5.74, 6) is -0.808. The van der Waals surface area contributed by atoms with Gasteiger partial charge in [0.2, 0.25) is 0 Å². The lowest BCUT2D eigenvalue weighted by molar-refractivity contribution is -0.161. The Hall–Kier alpha value is -2.81. The Morgan fingerprint density at radius 3 is 0.953 bits per heavy atom. The first-order chi connectivity index (χ1) is 42.3. The molecule has 0 aromatic rings. The number of carbonyl (C=O) groups excluding carboxylic acids is 2. The zero-order chi connectivity index (χ0) is 62.3. The fourth-order valence-corrected chi connectivity index (χ4v) is 11.4. The van der Waals surface area contributed by atoms with E-state index in [1.165, 1.54) is 244 Å². The van der Waals surface area contributed by atoms with Crippen molar-refractivity contribution in [2.75, 3.05) is 26.4 Å². The van der Waals surface area contributed by atoms with Gasteiger partial charge in [0.25, 0.3) is 0 Å². The van der Waals surface area contributed by atoms with Gasteiger partial charge in [-0.3, -0.25) is 18.6 Å². The number of rotatable bonds is 69. The lowest BCUT2D eigenvalue weighted by Gasteiger charge is -2.19. The lowest BCUT2D eigenvalue weighted by atomic mass is 10.0. The quantitative estimate of drug-likeness (QED) is 0.0264. The molecule has 0 heterocycles. The standard InChI is InChI=1S/C76H138NO8P/c1-3-5-7-9-11-13-15-17-19-21-23-25-27-29-30-31-32-33-34-35-36-37-38-39-40-41-42-43-44-45-47-49-51-53-55-57-59-61-63-65-67-69-76(79)85-74(73-84-86(80,81)83-71-70-77)72-82-75(78)68-66-64-62-60-58-56-54-52-50-48-46-28-26-24-22-20-18-16-14-12-10-8-6-4-2/h5,7,11,13,17,19,23,25,29-30,32-33,35-36,74H,3-4,6,8-10,12,14-16,18,20-22,24,26-28,31,34,37-73,77H2,1-2H3,(H,80,81)/b7-5-,13-11-,19-17-,25-23-,30-29-,33-32-,36-35-. The van der Waals surface area contributed by atoms with Crippen LogP contribution in [0.1, 0.15) is 354 Å². The average molecular weight is 1220 g/mol. The molecule has 500 valence electrons. The van der Waals surface area contributed by atoms with Crippen LogP contribution < -0.4 is 5.73 Å². The summed E-state index contributed by atoms with van der Waals surface area (Å²) in [6.07, 6.45) is 95.5. The van der Waals surface area contributed by atoms with Crippen LogP contribution in [0.4, 0.5) is 0 Å². The zero-order valence-electron chi connectivity index (χ0n) is 56.3. The Morgan fingerprint density at radius 2 is 0.640 bits per heavy atom. The molecule has 0 rings (SSSR count). The molecule has 0 aliphatic heterocycles. The summed E-state index contributed by atoms with van der Waals surface area (Å²) in [7, 11) is -4.39. The van der Waals surface area contributed by atoms with Gasteiger partial charge in [-0.05, 0) is 70.6 Å². The van der Waals surface area contributed by atoms with Crippen molar-refractivity contribution in [2.45, 2.75) is 360 Å². The van der Waals surface area contributed by atoms with Crippen LogP contribution in [0.5, 0.6) is 0 Å². The van der Waals surface area contributed by atoms with E-state index in [-0.39, 0.29) is 38.6 Å². The molecule has 0 spiro atoms. The molecule has 0 radical (unpaired) electrons. The maximum absolute atomic E-state index is 12.8. The molecule has 0 aromatic carbocycles. The maximum atomic E-state index is 12.8. The third-order valence-corrected chi connectivity index (χ3v) is 17.0. The second-order valence-corrected chi connectivity index (χ2v) is 25.9. The number of ether oxygens (including phenoxy) is 2. The highest BCUT2D eigenvalue weighted by Crippen LogP contribution is 2.43. The van der Waals surface area contributed by atoms with E-state index in [0.29, 0.717) is 6.42 Å². The average Bonchev–Trinajstić information content (AvgIpc) is 3.58. The molecule has 0 amide bonds. The Kier molecular flexibility index (Phi) is 68.9. The summed E-state index contributed by atoms with van der Waals surface area (Å²) in [6, 6.07) is 0. The minimum Gasteiger partial charge on any atom is -0.462 e. The van der Waals surface area contributed by atoms with Gasteiger partial charge in [-0.1, -0.05) is 356 Å². The van der Waals surface area contributed by atoms with Crippen LogP contribution in [-0.2, 0) is 32.7 Å². The van der Waals surface area contributed by atoms with E-state index in [0.717, 1.165) is 77.0 Å². The number of phosphoric ester groups is 1. The number of hydrogen-bond donors (Lipinski definition) is 2. The van der Waals surface area contributed by atoms with Gasteiger partial charge < -0.3 is 20.1 Å². The molecule has 86 heavy (non-hydrogen) atoms. The predicted octanol–water partition coefficient (Wildman–Crippen LogP) is 24.1. The van der Waals surface area contributed by atoms with E-state index in [1.54, 1.807) is 0 Å². The number of esters is 2. The molecule has 2 unspecified atom stereocenters. The molecule has 0 aromatic heterocycles. The molecule has 2 atom stereocenters. The van der Waals surface area contributed by atoms with Crippen LogP contribution in [0.25, 0.3) is 0 Å². The van der Waals surface area contributed by atoms with Gasteiger partial charge in [-0.15, -0.1) is 0 Å². The van der Waals surface area contributed by atoms with Crippen LogP contribution in [0.2, 0.25) is 0 Å². The topological polar surface area (TPSA) is 134 Å². The van der Waals surface area contributed by atoms with Crippen LogP contribution in [0.15, 0.2) is 85.1 Å². The van der Waals surface area contributed by atoms with Crippen LogP contribution in [0, 0.1) is 0 Å². The van der Waals surface area contributed by atoms with E-state index >= 15 is 0 Å². The summed E-state index contributed by atoms with van der Waals surface area (Å²) in [6.45, 7) is 3.69. The Morgan fingerprint density at radius 1 is 0.360 bits per heavy atom. The molecule has 9 nitrogen and oxygen atoms in total. The second-order valence-electron chi connectivity index (χ2n) is 24.4. The first-order valence-electron chi connectivity index (χ1n) is 36.6. The molecule has 10 heteroatoms. The van der Waals surface area contributed by atoms with Crippen molar-refractivity contribution in [3.8, 4) is 0 Å². The van der Waals surface area contributed by atoms with Gasteiger partial charge in [0.1, 0.15) is 6.61 Å². The summed E-state index contributed by atoms with van der Waals surface area (Å²) >= 11 is 0. The zero-order valence-corrected chi connectivity index (χ0v) is 57.2.